The maximum absolute atomic E-state index is 12.9. The monoisotopic (exact) mass is 345 g/mol. The molecule has 1 aliphatic rings. The predicted octanol–water partition coefficient (Wildman–Crippen LogP) is 2.62. The minimum absolute atomic E-state index is 0.117. The molecule has 1 unspecified atom stereocenters. The summed E-state index contributed by atoms with van der Waals surface area (Å²) in [7, 11) is -3.60. The zero-order valence-corrected chi connectivity index (χ0v) is 14.2. The summed E-state index contributed by atoms with van der Waals surface area (Å²) in [6, 6.07) is 14.0. The first kappa shape index (κ1) is 16.7. The van der Waals surface area contributed by atoms with Gasteiger partial charge in [-0.05, 0) is 34.7 Å². The Hall–Kier alpha value is -2.18. The first-order valence-electron chi connectivity index (χ1n) is 7.76. The molecule has 0 bridgehead atoms. The summed E-state index contributed by atoms with van der Waals surface area (Å²) < 4.78 is 27.3. The summed E-state index contributed by atoms with van der Waals surface area (Å²) in [5, 5.41) is 8.80. The average molecular weight is 345 g/mol. The number of hydrogen-bond acceptors (Lipinski definition) is 3. The number of carbonyl (C=O) groups is 1. The molecule has 1 N–H and O–H groups in total. The number of benzene rings is 2. The molecular formula is C18H19NO4S. The number of carboxylic acids is 1. The van der Waals surface area contributed by atoms with E-state index in [9.17, 15) is 13.2 Å². The number of aliphatic carboxylic acids is 1. The Bertz CT molecular complexity index is 859. The first-order chi connectivity index (χ1) is 11.4. The van der Waals surface area contributed by atoms with E-state index in [-0.39, 0.29) is 17.2 Å². The molecule has 6 heteroatoms. The van der Waals surface area contributed by atoms with Crippen molar-refractivity contribution in [3.63, 3.8) is 0 Å². The Kier molecular flexibility index (Phi) is 4.43. The topological polar surface area (TPSA) is 74.7 Å². The van der Waals surface area contributed by atoms with Crippen LogP contribution in [0, 0.1) is 0 Å². The number of rotatable bonds is 4. The molecule has 2 aromatic carbocycles. The Morgan fingerprint density at radius 1 is 1.17 bits per heavy atom. The number of fused-ring (bicyclic) bond motifs is 1. The van der Waals surface area contributed by atoms with Crippen LogP contribution in [0.15, 0.2) is 53.4 Å². The van der Waals surface area contributed by atoms with Gasteiger partial charge >= 0.3 is 5.97 Å². The molecule has 126 valence electrons. The molecular weight excluding hydrogens is 326 g/mol. The lowest BCUT2D eigenvalue weighted by molar-refractivity contribution is -0.136. The fourth-order valence-electron chi connectivity index (χ4n) is 3.10. The SMILES string of the molecule is CC1CN(S(=O)(=O)c2ccc(CC(=O)O)cc2)Cc2ccccc21. The van der Waals surface area contributed by atoms with Crippen LogP contribution < -0.4 is 0 Å². The van der Waals surface area contributed by atoms with Gasteiger partial charge in [0.2, 0.25) is 10.0 Å². The molecule has 1 aliphatic heterocycles. The van der Waals surface area contributed by atoms with Gasteiger partial charge in [-0.3, -0.25) is 4.79 Å². The summed E-state index contributed by atoms with van der Waals surface area (Å²) in [4.78, 5) is 10.9. The van der Waals surface area contributed by atoms with Gasteiger partial charge in [-0.25, -0.2) is 8.42 Å². The van der Waals surface area contributed by atoms with Crippen molar-refractivity contribution in [2.75, 3.05) is 6.54 Å². The van der Waals surface area contributed by atoms with Gasteiger partial charge < -0.3 is 5.11 Å². The lowest BCUT2D eigenvalue weighted by Gasteiger charge is -2.32. The van der Waals surface area contributed by atoms with E-state index in [1.807, 2.05) is 31.2 Å². The van der Waals surface area contributed by atoms with Crippen LogP contribution in [0.25, 0.3) is 0 Å². The first-order valence-corrected chi connectivity index (χ1v) is 9.20. The van der Waals surface area contributed by atoms with Crippen LogP contribution in [0.5, 0.6) is 0 Å². The van der Waals surface area contributed by atoms with Crippen molar-refractivity contribution in [2.45, 2.75) is 30.7 Å². The normalized spacial score (nSPS) is 18.1. The molecule has 0 aliphatic carbocycles. The molecule has 3 rings (SSSR count). The quantitative estimate of drug-likeness (QED) is 0.924. The maximum atomic E-state index is 12.9. The van der Waals surface area contributed by atoms with Gasteiger partial charge in [-0.15, -0.1) is 0 Å². The van der Waals surface area contributed by atoms with Crippen molar-refractivity contribution in [1.29, 1.82) is 0 Å². The van der Waals surface area contributed by atoms with Crippen LogP contribution in [-0.2, 0) is 27.8 Å². The van der Waals surface area contributed by atoms with Gasteiger partial charge in [0.25, 0.3) is 0 Å². The predicted molar refractivity (Wildman–Crippen MR) is 90.2 cm³/mol. The van der Waals surface area contributed by atoms with Gasteiger partial charge in [0.1, 0.15) is 0 Å². The largest absolute Gasteiger partial charge is 0.481 e. The second-order valence-electron chi connectivity index (χ2n) is 6.11. The van der Waals surface area contributed by atoms with Gasteiger partial charge in [0, 0.05) is 13.1 Å². The summed E-state index contributed by atoms with van der Waals surface area (Å²) in [5.41, 5.74) is 2.81. The van der Waals surface area contributed by atoms with E-state index in [1.165, 1.54) is 22.0 Å². The van der Waals surface area contributed by atoms with E-state index < -0.39 is 16.0 Å². The minimum atomic E-state index is -3.60. The van der Waals surface area contributed by atoms with Crippen LogP contribution >= 0.6 is 0 Å². The van der Waals surface area contributed by atoms with Gasteiger partial charge in [0.15, 0.2) is 0 Å². The minimum Gasteiger partial charge on any atom is -0.481 e. The van der Waals surface area contributed by atoms with E-state index in [1.54, 1.807) is 12.1 Å². The molecule has 0 spiro atoms. The fourth-order valence-corrected chi connectivity index (χ4v) is 4.61. The van der Waals surface area contributed by atoms with E-state index in [2.05, 4.69) is 0 Å². The van der Waals surface area contributed by atoms with Crippen LogP contribution in [0.2, 0.25) is 0 Å². The van der Waals surface area contributed by atoms with Crippen LogP contribution in [0.1, 0.15) is 29.5 Å². The Morgan fingerprint density at radius 2 is 1.83 bits per heavy atom. The fraction of sp³-hybridized carbons (Fsp3) is 0.278. The highest BCUT2D eigenvalue weighted by Crippen LogP contribution is 2.31. The molecule has 0 aromatic heterocycles. The molecule has 5 nitrogen and oxygen atoms in total. The summed E-state index contributed by atoms with van der Waals surface area (Å²) in [6.07, 6.45) is -0.117. The van der Waals surface area contributed by atoms with Crippen LogP contribution in [0.4, 0.5) is 0 Å². The summed E-state index contributed by atoms with van der Waals surface area (Å²) in [6.45, 7) is 2.83. The summed E-state index contributed by atoms with van der Waals surface area (Å²) in [5.74, 6) is -0.803. The molecule has 0 saturated carbocycles. The molecule has 2 aromatic rings. The van der Waals surface area contributed by atoms with Gasteiger partial charge in [-0.1, -0.05) is 43.3 Å². The van der Waals surface area contributed by atoms with Crippen molar-refractivity contribution in [2.24, 2.45) is 0 Å². The highest BCUT2D eigenvalue weighted by molar-refractivity contribution is 7.89. The molecule has 0 fully saturated rings. The van der Waals surface area contributed by atoms with E-state index in [4.69, 9.17) is 5.11 Å². The second-order valence-corrected chi connectivity index (χ2v) is 8.05. The molecule has 24 heavy (non-hydrogen) atoms. The van der Waals surface area contributed by atoms with E-state index in [0.717, 1.165) is 5.56 Å². The average Bonchev–Trinajstić information content (AvgIpc) is 2.55. The Morgan fingerprint density at radius 3 is 2.50 bits per heavy atom. The molecule has 1 heterocycles. The third-order valence-corrected chi connectivity index (χ3v) is 6.15. The number of carboxylic acid groups (broad SMARTS) is 1. The third-order valence-electron chi connectivity index (χ3n) is 4.33. The zero-order valence-electron chi connectivity index (χ0n) is 13.3. The Labute approximate surface area is 141 Å². The molecule has 0 amide bonds. The summed E-state index contributed by atoms with van der Waals surface area (Å²) >= 11 is 0. The van der Waals surface area contributed by atoms with E-state index >= 15 is 0 Å². The van der Waals surface area contributed by atoms with Gasteiger partial charge in [-0.2, -0.15) is 4.31 Å². The van der Waals surface area contributed by atoms with Crippen molar-refractivity contribution < 1.29 is 18.3 Å². The van der Waals surface area contributed by atoms with E-state index in [0.29, 0.717) is 18.7 Å². The maximum Gasteiger partial charge on any atom is 0.307 e. The standard InChI is InChI=1S/C18H19NO4S/c1-13-11-19(12-15-4-2-3-5-17(13)15)24(22,23)16-8-6-14(7-9-16)10-18(20)21/h2-9,13H,10-12H2,1H3,(H,20,21). The third kappa shape index (κ3) is 3.20. The van der Waals surface area contributed by atoms with Crippen LogP contribution in [0.3, 0.4) is 0 Å². The van der Waals surface area contributed by atoms with Gasteiger partial charge in [0.05, 0.1) is 11.3 Å². The number of nitrogens with zero attached hydrogens (tertiary/aromatic N) is 1. The highest BCUT2D eigenvalue weighted by atomic mass is 32.2. The second kappa shape index (κ2) is 6.37. The number of hydrogen-bond donors (Lipinski definition) is 1. The van der Waals surface area contributed by atoms with Crippen molar-refractivity contribution in [1.82, 2.24) is 4.31 Å². The van der Waals surface area contributed by atoms with Crippen molar-refractivity contribution >= 4 is 16.0 Å². The Balaban J connectivity index is 1.87. The van der Waals surface area contributed by atoms with Crippen molar-refractivity contribution in [3.8, 4) is 0 Å². The van der Waals surface area contributed by atoms with Crippen molar-refractivity contribution in [3.05, 3.63) is 65.2 Å². The smallest absolute Gasteiger partial charge is 0.307 e. The molecule has 0 saturated heterocycles. The number of sulfonamides is 1. The molecule has 0 radical (unpaired) electrons. The van der Waals surface area contributed by atoms with Crippen LogP contribution in [-0.4, -0.2) is 30.3 Å². The zero-order chi connectivity index (χ0) is 17.3. The highest BCUT2D eigenvalue weighted by Gasteiger charge is 2.31. The molecule has 1 atom stereocenters. The lowest BCUT2D eigenvalue weighted by Crippen LogP contribution is -2.37. The lowest BCUT2D eigenvalue weighted by atomic mass is 9.92.